The third-order valence-corrected chi connectivity index (χ3v) is 7.93. The van der Waals surface area contributed by atoms with Gasteiger partial charge in [-0.1, -0.05) is 12.8 Å². The number of ketones is 1. The smallest absolute Gasteiger partial charge is 0.277 e. The Morgan fingerprint density at radius 1 is 1.00 bits per heavy atom. The van der Waals surface area contributed by atoms with Gasteiger partial charge in [-0.2, -0.15) is 4.98 Å². The molecule has 4 aromatic heterocycles. The molecule has 45 heavy (non-hydrogen) atoms. The Balaban J connectivity index is 1.33. The lowest BCUT2D eigenvalue weighted by Gasteiger charge is -2.24. The van der Waals surface area contributed by atoms with Gasteiger partial charge in [-0.25, -0.2) is 25.4 Å². The predicted molar refractivity (Wildman–Crippen MR) is 166 cm³/mol. The number of fused-ring (bicyclic) bond motifs is 1. The number of hydroxylamine groups is 1. The predicted octanol–water partition coefficient (Wildman–Crippen LogP) is 2.95. The molecule has 3 N–H and O–H groups in total. The minimum atomic E-state index is -0.716. The summed E-state index contributed by atoms with van der Waals surface area (Å²) in [6.07, 6.45) is 9.47. The highest BCUT2D eigenvalue weighted by atomic mass is 16.5. The van der Waals surface area contributed by atoms with Crippen molar-refractivity contribution in [2.45, 2.75) is 52.5 Å². The summed E-state index contributed by atoms with van der Waals surface area (Å²) < 4.78 is 1.66. The third kappa shape index (κ3) is 6.47. The van der Waals surface area contributed by atoms with Crippen molar-refractivity contribution < 1.29 is 19.6 Å². The lowest BCUT2D eigenvalue weighted by atomic mass is 10.0. The summed E-state index contributed by atoms with van der Waals surface area (Å²) in [7, 11) is 1.75. The Labute approximate surface area is 258 Å². The van der Waals surface area contributed by atoms with Crippen molar-refractivity contribution in [2.24, 2.45) is 0 Å². The molecule has 5 rings (SSSR count). The molecule has 0 saturated heterocycles. The molecule has 1 aliphatic rings. The average molecular weight is 615 g/mol. The van der Waals surface area contributed by atoms with Crippen LogP contribution in [0.2, 0.25) is 0 Å². The molecule has 0 aromatic carbocycles. The molecule has 0 atom stereocenters. The van der Waals surface area contributed by atoms with E-state index in [2.05, 4.69) is 25.3 Å². The van der Waals surface area contributed by atoms with Crippen LogP contribution < -0.4 is 26.2 Å². The number of carbonyl (C=O) groups is 3. The molecule has 4 aromatic rings. The summed E-state index contributed by atoms with van der Waals surface area (Å²) in [6.45, 7) is 5.29. The fourth-order valence-corrected chi connectivity index (χ4v) is 5.56. The summed E-state index contributed by atoms with van der Waals surface area (Å²) in [5.74, 6) is -0.160. The summed E-state index contributed by atoms with van der Waals surface area (Å²) in [5, 5.41) is 12.5. The van der Waals surface area contributed by atoms with E-state index in [1.54, 1.807) is 52.9 Å². The summed E-state index contributed by atoms with van der Waals surface area (Å²) >= 11 is 0. The molecule has 234 valence electrons. The van der Waals surface area contributed by atoms with Gasteiger partial charge in [0.2, 0.25) is 17.8 Å². The fourth-order valence-electron chi connectivity index (χ4n) is 5.56. The first-order valence-electron chi connectivity index (χ1n) is 14.5. The Hall–Kier alpha value is -5.31. The van der Waals surface area contributed by atoms with Crippen molar-refractivity contribution in [1.29, 1.82) is 0 Å². The number of aryl methyl sites for hydroxylation is 1. The monoisotopic (exact) mass is 614 g/mol. The molecular weight excluding hydrogens is 580 g/mol. The summed E-state index contributed by atoms with van der Waals surface area (Å²) in [5.41, 5.74) is 3.11. The van der Waals surface area contributed by atoms with Crippen LogP contribution in [0.3, 0.4) is 0 Å². The molecule has 1 aliphatic carbocycles. The first-order chi connectivity index (χ1) is 21.6. The van der Waals surface area contributed by atoms with Gasteiger partial charge in [-0.15, -0.1) is 0 Å². The van der Waals surface area contributed by atoms with E-state index in [-0.39, 0.29) is 40.4 Å². The molecule has 0 radical (unpaired) electrons. The average Bonchev–Trinajstić information content (AvgIpc) is 3.55. The van der Waals surface area contributed by atoms with Gasteiger partial charge in [0.15, 0.2) is 5.78 Å². The van der Waals surface area contributed by atoms with Crippen molar-refractivity contribution >= 4 is 52.0 Å². The maximum absolute atomic E-state index is 13.5. The molecule has 0 unspecified atom stereocenters. The Kier molecular flexibility index (Phi) is 9.08. The van der Waals surface area contributed by atoms with E-state index in [4.69, 9.17) is 10.2 Å². The highest BCUT2D eigenvalue weighted by Gasteiger charge is 2.26. The number of nitrogens with one attached hydrogen (secondary N) is 2. The van der Waals surface area contributed by atoms with Crippen LogP contribution in [0.15, 0.2) is 41.7 Å². The van der Waals surface area contributed by atoms with Crippen LogP contribution in [-0.2, 0) is 4.79 Å². The number of carbonyl (C=O) groups excluding carboxylic acids is 3. The minimum Gasteiger partial charge on any atom is -0.342 e. The first kappa shape index (κ1) is 31.1. The van der Waals surface area contributed by atoms with E-state index in [0.29, 0.717) is 47.1 Å². The maximum Gasteiger partial charge on any atom is 0.277 e. The Bertz CT molecular complexity index is 1800. The van der Waals surface area contributed by atoms with Crippen LogP contribution in [-0.4, -0.2) is 72.4 Å². The molecule has 0 spiro atoms. The number of pyridine rings is 2. The largest absolute Gasteiger partial charge is 0.342 e. The second-order valence-electron chi connectivity index (χ2n) is 10.9. The van der Waals surface area contributed by atoms with Crippen molar-refractivity contribution in [3.8, 4) is 0 Å². The molecule has 1 saturated carbocycles. The van der Waals surface area contributed by atoms with Crippen molar-refractivity contribution in [2.75, 3.05) is 35.3 Å². The lowest BCUT2D eigenvalue weighted by Crippen LogP contribution is -2.37. The van der Waals surface area contributed by atoms with Crippen LogP contribution in [0, 0.1) is 6.92 Å². The zero-order chi connectivity index (χ0) is 32.2. The number of Topliss-reactive ketones (excluding diaryl/α,β-unsaturated/α-hetero) is 1. The van der Waals surface area contributed by atoms with Crippen LogP contribution in [0.4, 0.5) is 23.4 Å². The first-order valence-corrected chi connectivity index (χ1v) is 14.5. The van der Waals surface area contributed by atoms with Gasteiger partial charge in [0.25, 0.3) is 11.5 Å². The van der Waals surface area contributed by atoms with Crippen LogP contribution in [0.1, 0.15) is 71.9 Å². The Morgan fingerprint density at radius 2 is 1.71 bits per heavy atom. The van der Waals surface area contributed by atoms with Gasteiger partial charge >= 0.3 is 0 Å². The number of amides is 2. The molecule has 1 fully saturated rings. The van der Waals surface area contributed by atoms with E-state index >= 15 is 0 Å². The van der Waals surface area contributed by atoms with Gasteiger partial charge in [0, 0.05) is 57.1 Å². The molecule has 4 heterocycles. The molecule has 15 heteroatoms. The third-order valence-electron chi connectivity index (χ3n) is 7.93. The SMILES string of the molecule is CC(=O)c1c(C)c2cnc(Nc3ccc(N(CCN(C)c4ncc(C(=O)NO)cn4)C(C)=O)cn3)nc2n(C2CCCC2)c1=O. The summed E-state index contributed by atoms with van der Waals surface area (Å²) in [6, 6.07) is 3.41. The zero-order valence-electron chi connectivity index (χ0n) is 25.4. The van der Waals surface area contributed by atoms with Crippen molar-refractivity contribution in [3.05, 3.63) is 64.0 Å². The van der Waals surface area contributed by atoms with E-state index < -0.39 is 5.91 Å². The van der Waals surface area contributed by atoms with Gasteiger partial charge < -0.3 is 15.1 Å². The fraction of sp³-hybridized carbons (Fsp3) is 0.367. The number of hydrogen-bond acceptors (Lipinski definition) is 12. The van der Waals surface area contributed by atoms with E-state index in [9.17, 15) is 19.2 Å². The second-order valence-corrected chi connectivity index (χ2v) is 10.9. The molecule has 0 bridgehead atoms. The van der Waals surface area contributed by atoms with Crippen molar-refractivity contribution in [1.82, 2.24) is 35.0 Å². The molecule has 2 amide bonds. The molecule has 15 nitrogen and oxygen atoms in total. The van der Waals surface area contributed by atoms with E-state index in [1.807, 2.05) is 0 Å². The highest BCUT2D eigenvalue weighted by Crippen LogP contribution is 2.32. The van der Waals surface area contributed by atoms with Gasteiger partial charge in [-0.05, 0) is 44.4 Å². The zero-order valence-corrected chi connectivity index (χ0v) is 25.4. The van der Waals surface area contributed by atoms with Gasteiger partial charge in [-0.3, -0.25) is 29.0 Å². The number of nitrogens with zero attached hydrogens (tertiary/aromatic N) is 8. The van der Waals surface area contributed by atoms with Crippen LogP contribution in [0.5, 0.6) is 0 Å². The quantitative estimate of drug-likeness (QED) is 0.135. The second kappa shape index (κ2) is 13.1. The van der Waals surface area contributed by atoms with Crippen LogP contribution in [0.25, 0.3) is 11.0 Å². The highest BCUT2D eigenvalue weighted by molar-refractivity contribution is 5.99. The standard InChI is InChI=1S/C30H34N10O5/c1-17-23-16-32-29(36-26(23)40(21-7-5-6-8-21)28(44)25(17)18(2)41)35-24-10-9-22(15-31-24)39(19(3)42)12-11-38(4)30-33-13-20(14-34-30)27(43)37-45/h9-10,13-16,21,45H,5-8,11-12H2,1-4H3,(H,37,43)(H,31,32,35,36). The minimum absolute atomic E-state index is 0.0332. The molecular formula is C30H34N10O5. The number of anilines is 4. The van der Waals surface area contributed by atoms with Crippen molar-refractivity contribution in [3.63, 3.8) is 0 Å². The maximum atomic E-state index is 13.5. The molecule has 0 aliphatic heterocycles. The normalized spacial score (nSPS) is 13.1. The topological polar surface area (TPSA) is 188 Å². The number of rotatable bonds is 10. The number of aromatic nitrogens is 6. The summed E-state index contributed by atoms with van der Waals surface area (Å²) in [4.78, 5) is 75.0. The number of likely N-dealkylation sites (N-methyl/N-ethyl adjacent to an activating group) is 1. The van der Waals surface area contributed by atoms with E-state index in [1.165, 1.54) is 31.7 Å². The van der Waals surface area contributed by atoms with E-state index in [0.717, 1.165) is 25.7 Å². The number of hydrogen-bond donors (Lipinski definition) is 3. The Morgan fingerprint density at radius 3 is 2.31 bits per heavy atom. The van der Waals surface area contributed by atoms with Crippen LogP contribution >= 0.6 is 0 Å². The van der Waals surface area contributed by atoms with Gasteiger partial charge in [0.05, 0.1) is 23.0 Å². The lowest BCUT2D eigenvalue weighted by molar-refractivity contribution is -0.116. The van der Waals surface area contributed by atoms with Gasteiger partial charge in [0.1, 0.15) is 11.5 Å².